The number of rotatable bonds is 22. The number of amides is 5. The maximum Gasteiger partial charge on any atom is 0.326 e. The Bertz CT molecular complexity index is 1000. The molecule has 15 N–H and O–H groups in total. The van der Waals surface area contributed by atoms with Gasteiger partial charge in [0.1, 0.15) is 24.2 Å². The van der Waals surface area contributed by atoms with Crippen LogP contribution in [0.1, 0.15) is 72.6 Å². The number of hydrogen-bond acceptors (Lipinski definition) is 9. The molecule has 5 amide bonds. The molecule has 0 aromatic heterocycles. The Morgan fingerprint density at radius 3 is 1.77 bits per heavy atom. The summed E-state index contributed by atoms with van der Waals surface area (Å²) < 4.78 is 0. The van der Waals surface area contributed by atoms with Crippen LogP contribution in [0, 0.1) is 11.8 Å². The number of carbonyl (C=O) groups is 6. The second-order valence-corrected chi connectivity index (χ2v) is 11.4. The van der Waals surface area contributed by atoms with E-state index in [-0.39, 0.29) is 44.1 Å². The predicted molar refractivity (Wildman–Crippen MR) is 164 cm³/mol. The second-order valence-electron chi connectivity index (χ2n) is 11.4. The van der Waals surface area contributed by atoms with Crippen LogP contribution in [-0.2, 0) is 28.8 Å². The fraction of sp³-hybridized carbons (Fsp3) is 0.741. The zero-order valence-electron chi connectivity index (χ0n) is 26.1. The smallest absolute Gasteiger partial charge is 0.326 e. The number of primary amides is 1. The van der Waals surface area contributed by atoms with E-state index in [0.29, 0.717) is 19.4 Å². The highest BCUT2D eigenvalue weighted by molar-refractivity contribution is 5.96. The number of carboxylic acids is 1. The molecule has 0 aliphatic carbocycles. The maximum atomic E-state index is 13.5. The normalized spacial score (nSPS) is 14.5. The van der Waals surface area contributed by atoms with Crippen molar-refractivity contribution in [1.29, 1.82) is 0 Å². The van der Waals surface area contributed by atoms with Crippen molar-refractivity contribution in [2.24, 2.45) is 45.5 Å². The van der Waals surface area contributed by atoms with E-state index in [1.807, 2.05) is 13.8 Å². The Labute approximate surface area is 258 Å². The van der Waals surface area contributed by atoms with Crippen molar-refractivity contribution in [2.45, 2.75) is 103 Å². The lowest BCUT2D eigenvalue weighted by Gasteiger charge is -2.28. The molecule has 0 spiro atoms. The van der Waals surface area contributed by atoms with Crippen LogP contribution in [0.4, 0.5) is 0 Å². The van der Waals surface area contributed by atoms with Gasteiger partial charge in [0, 0.05) is 6.54 Å². The molecule has 0 saturated heterocycles. The quantitative estimate of drug-likeness (QED) is 0.0329. The SMILES string of the molecule is CC(C)CC(NC(=O)C(NC(=O)C(N)CC(N)=O)C(C)C)C(=O)NC(CCCN=C(N)N)C(=O)NC(CCCCN)C(=O)O. The monoisotopic (exact) mass is 628 g/mol. The summed E-state index contributed by atoms with van der Waals surface area (Å²) in [5.74, 6) is -5.53. The highest BCUT2D eigenvalue weighted by Crippen LogP contribution is 2.10. The molecule has 0 radical (unpaired) electrons. The molecule has 0 aromatic rings. The predicted octanol–water partition coefficient (Wildman–Crippen LogP) is -2.90. The number of carbonyl (C=O) groups excluding carboxylic acids is 5. The Morgan fingerprint density at radius 2 is 1.27 bits per heavy atom. The number of aliphatic carboxylic acids is 1. The minimum absolute atomic E-state index is 0.0638. The van der Waals surface area contributed by atoms with Crippen molar-refractivity contribution < 1.29 is 33.9 Å². The van der Waals surface area contributed by atoms with Crippen molar-refractivity contribution in [3.05, 3.63) is 0 Å². The lowest BCUT2D eigenvalue weighted by molar-refractivity contribution is -0.142. The van der Waals surface area contributed by atoms with Crippen molar-refractivity contribution in [2.75, 3.05) is 13.1 Å². The molecule has 0 aromatic carbocycles. The highest BCUT2D eigenvalue weighted by atomic mass is 16.4. The molecule has 0 rings (SSSR count). The van der Waals surface area contributed by atoms with Crippen LogP contribution in [0.2, 0.25) is 0 Å². The van der Waals surface area contributed by atoms with Gasteiger partial charge in [-0.15, -0.1) is 0 Å². The lowest BCUT2D eigenvalue weighted by atomic mass is 9.99. The fourth-order valence-corrected chi connectivity index (χ4v) is 4.14. The van der Waals surface area contributed by atoms with Crippen LogP contribution in [0.5, 0.6) is 0 Å². The number of nitrogens with one attached hydrogen (secondary N) is 4. The third kappa shape index (κ3) is 16.6. The van der Waals surface area contributed by atoms with Gasteiger partial charge in [-0.1, -0.05) is 27.7 Å². The van der Waals surface area contributed by atoms with Crippen molar-refractivity contribution >= 4 is 41.5 Å². The summed E-state index contributed by atoms with van der Waals surface area (Å²) in [6.07, 6.45) is 1.28. The average molecular weight is 629 g/mol. The molecule has 0 fully saturated rings. The molecule has 44 heavy (non-hydrogen) atoms. The van der Waals surface area contributed by atoms with Gasteiger partial charge in [-0.3, -0.25) is 29.0 Å². The summed E-state index contributed by atoms with van der Waals surface area (Å²) in [6, 6.07) is -5.86. The number of aliphatic imine (C=N–C) groups is 1. The Hall–Kier alpha value is -3.99. The second kappa shape index (κ2) is 20.8. The first-order chi connectivity index (χ1) is 20.5. The molecule has 17 nitrogen and oxygen atoms in total. The van der Waals surface area contributed by atoms with Crippen molar-refractivity contribution in [1.82, 2.24) is 21.3 Å². The van der Waals surface area contributed by atoms with Gasteiger partial charge in [-0.05, 0) is 56.9 Å². The molecule has 5 atom stereocenters. The van der Waals surface area contributed by atoms with Crippen molar-refractivity contribution in [3.8, 4) is 0 Å². The van der Waals surface area contributed by atoms with Crippen LogP contribution in [0.3, 0.4) is 0 Å². The van der Waals surface area contributed by atoms with Crippen LogP contribution in [0.15, 0.2) is 4.99 Å². The molecule has 0 aliphatic heterocycles. The van der Waals surface area contributed by atoms with Gasteiger partial charge < -0.3 is 55.0 Å². The van der Waals surface area contributed by atoms with Crippen LogP contribution in [0.25, 0.3) is 0 Å². The summed E-state index contributed by atoms with van der Waals surface area (Å²) in [5, 5.41) is 19.8. The van der Waals surface area contributed by atoms with Crippen LogP contribution < -0.4 is 49.9 Å². The van der Waals surface area contributed by atoms with Gasteiger partial charge in [-0.25, -0.2) is 4.79 Å². The topological polar surface area (TPSA) is 313 Å². The number of unbranched alkanes of at least 4 members (excludes halogenated alkanes) is 1. The summed E-state index contributed by atoms with van der Waals surface area (Å²) in [7, 11) is 0. The Morgan fingerprint density at radius 1 is 0.727 bits per heavy atom. The largest absolute Gasteiger partial charge is 0.480 e. The first-order valence-corrected chi connectivity index (χ1v) is 14.7. The molecule has 0 saturated carbocycles. The molecule has 252 valence electrons. The lowest BCUT2D eigenvalue weighted by Crippen LogP contribution is -2.59. The number of nitrogens with two attached hydrogens (primary N) is 5. The van der Waals surface area contributed by atoms with E-state index in [0.717, 1.165) is 0 Å². The third-order valence-corrected chi connectivity index (χ3v) is 6.48. The Kier molecular flexibility index (Phi) is 18.9. The molecule has 0 aliphatic rings. The van der Waals surface area contributed by atoms with E-state index >= 15 is 0 Å². The summed E-state index contributed by atoms with van der Waals surface area (Å²) in [6.45, 7) is 7.52. The van der Waals surface area contributed by atoms with E-state index in [2.05, 4.69) is 26.3 Å². The zero-order valence-corrected chi connectivity index (χ0v) is 26.1. The summed E-state index contributed by atoms with van der Waals surface area (Å²) >= 11 is 0. The van der Waals surface area contributed by atoms with E-state index in [9.17, 15) is 33.9 Å². The zero-order chi connectivity index (χ0) is 34.0. The first-order valence-electron chi connectivity index (χ1n) is 14.7. The Balaban J connectivity index is 5.92. The number of hydrogen-bond donors (Lipinski definition) is 10. The molecule has 17 heteroatoms. The van der Waals surface area contributed by atoms with Crippen LogP contribution in [-0.4, -0.2) is 89.9 Å². The number of carboxylic acid groups (broad SMARTS) is 1. The molecular formula is C27H52N10O7. The molecule has 0 heterocycles. The van der Waals surface area contributed by atoms with Crippen LogP contribution >= 0.6 is 0 Å². The van der Waals surface area contributed by atoms with Crippen molar-refractivity contribution in [3.63, 3.8) is 0 Å². The first kappa shape index (κ1) is 40.0. The minimum atomic E-state index is -1.26. The van der Waals surface area contributed by atoms with Gasteiger partial charge in [-0.2, -0.15) is 0 Å². The average Bonchev–Trinajstić information content (AvgIpc) is 2.90. The molecule has 0 bridgehead atoms. The van der Waals surface area contributed by atoms with E-state index in [1.165, 1.54) is 0 Å². The van der Waals surface area contributed by atoms with E-state index in [4.69, 9.17) is 28.7 Å². The molecular weight excluding hydrogens is 576 g/mol. The van der Waals surface area contributed by atoms with Gasteiger partial charge in [0.25, 0.3) is 0 Å². The number of guanidine groups is 1. The van der Waals surface area contributed by atoms with Gasteiger partial charge in [0.15, 0.2) is 5.96 Å². The summed E-state index contributed by atoms with van der Waals surface area (Å²) in [5.41, 5.74) is 27.0. The van der Waals surface area contributed by atoms with E-state index < -0.39 is 78.1 Å². The van der Waals surface area contributed by atoms with Gasteiger partial charge >= 0.3 is 5.97 Å². The summed E-state index contributed by atoms with van der Waals surface area (Å²) in [4.78, 5) is 79.2. The minimum Gasteiger partial charge on any atom is -0.480 e. The van der Waals surface area contributed by atoms with Gasteiger partial charge in [0.2, 0.25) is 29.5 Å². The highest BCUT2D eigenvalue weighted by Gasteiger charge is 2.33. The maximum absolute atomic E-state index is 13.5. The van der Waals surface area contributed by atoms with E-state index in [1.54, 1.807) is 13.8 Å². The standard InChI is InChI=1S/C27H52N10O7/c1-14(2)12-19(36-25(42)21(15(3)4)37-22(39)16(29)13-20(30)38)24(41)34-17(9-7-11-33-27(31)32)23(40)35-18(26(43)44)8-5-6-10-28/h14-19,21H,5-13,28-29H2,1-4H3,(H2,30,38)(H,34,41)(H,35,40)(H,36,42)(H,37,39)(H,43,44)(H4,31,32,33). The third-order valence-electron chi connectivity index (χ3n) is 6.48. The van der Waals surface area contributed by atoms with Gasteiger partial charge in [0.05, 0.1) is 12.5 Å². The molecule has 5 unspecified atom stereocenters. The fourth-order valence-electron chi connectivity index (χ4n) is 4.14. The number of nitrogens with zero attached hydrogens (tertiary/aromatic N) is 1.